The Bertz CT molecular complexity index is 555. The van der Waals surface area contributed by atoms with Crippen LogP contribution in [0.15, 0.2) is 46.9 Å². The van der Waals surface area contributed by atoms with Crippen LogP contribution in [0, 0.1) is 0 Å². The summed E-state index contributed by atoms with van der Waals surface area (Å²) in [5.41, 5.74) is 0.733. The van der Waals surface area contributed by atoms with Crippen LogP contribution in [-0.2, 0) is 0 Å². The molecule has 18 heavy (non-hydrogen) atoms. The first-order valence-corrected chi connectivity index (χ1v) is 6.65. The maximum Gasteiger partial charge on any atom is 0.146 e. The molecule has 0 aliphatic rings. The zero-order valence-corrected chi connectivity index (χ0v) is 12.1. The van der Waals surface area contributed by atoms with Gasteiger partial charge in [-0.3, -0.25) is 0 Å². The summed E-state index contributed by atoms with van der Waals surface area (Å²) in [7, 11) is 0. The molecule has 1 N–H and O–H groups in total. The first kappa shape index (κ1) is 13.4. The average molecular weight is 328 g/mol. The summed E-state index contributed by atoms with van der Waals surface area (Å²) in [6.07, 6.45) is -0.588. The van der Waals surface area contributed by atoms with Crippen molar-refractivity contribution in [1.29, 1.82) is 0 Å². The SMILES string of the molecule is C[C@@H](O)c1ccccc1Oc1ccc(Br)cc1Cl. The van der Waals surface area contributed by atoms with Crippen molar-refractivity contribution in [2.75, 3.05) is 0 Å². The van der Waals surface area contributed by atoms with Crippen LogP contribution in [-0.4, -0.2) is 5.11 Å². The highest BCUT2D eigenvalue weighted by atomic mass is 79.9. The molecule has 94 valence electrons. The van der Waals surface area contributed by atoms with Gasteiger partial charge in [0, 0.05) is 10.0 Å². The Kier molecular flexibility index (Phi) is 4.27. The van der Waals surface area contributed by atoms with E-state index in [1.165, 1.54) is 0 Å². The fourth-order valence-electron chi connectivity index (χ4n) is 1.60. The van der Waals surface area contributed by atoms with Gasteiger partial charge in [-0.15, -0.1) is 0 Å². The van der Waals surface area contributed by atoms with E-state index in [-0.39, 0.29) is 0 Å². The van der Waals surface area contributed by atoms with E-state index >= 15 is 0 Å². The van der Waals surface area contributed by atoms with Crippen molar-refractivity contribution in [3.63, 3.8) is 0 Å². The van der Waals surface area contributed by atoms with Gasteiger partial charge in [-0.05, 0) is 31.2 Å². The zero-order valence-electron chi connectivity index (χ0n) is 9.73. The number of hydrogen-bond donors (Lipinski definition) is 1. The maximum atomic E-state index is 9.68. The Labute approximate surface area is 119 Å². The molecule has 0 heterocycles. The van der Waals surface area contributed by atoms with Crippen molar-refractivity contribution in [2.45, 2.75) is 13.0 Å². The number of ether oxygens (including phenoxy) is 1. The van der Waals surface area contributed by atoms with Crippen LogP contribution in [0.5, 0.6) is 11.5 Å². The van der Waals surface area contributed by atoms with Gasteiger partial charge in [-0.25, -0.2) is 0 Å². The summed E-state index contributed by atoms with van der Waals surface area (Å²) in [6, 6.07) is 12.7. The van der Waals surface area contributed by atoms with Crippen LogP contribution in [0.4, 0.5) is 0 Å². The fraction of sp³-hybridized carbons (Fsp3) is 0.143. The van der Waals surface area contributed by atoms with Crippen LogP contribution in [0.1, 0.15) is 18.6 Å². The van der Waals surface area contributed by atoms with E-state index < -0.39 is 6.10 Å². The molecule has 2 nitrogen and oxygen atoms in total. The van der Waals surface area contributed by atoms with Crippen molar-refractivity contribution in [3.8, 4) is 11.5 Å². The van der Waals surface area contributed by atoms with Gasteiger partial charge in [0.25, 0.3) is 0 Å². The molecule has 0 aromatic heterocycles. The lowest BCUT2D eigenvalue weighted by Crippen LogP contribution is -1.96. The summed E-state index contributed by atoms with van der Waals surface area (Å²) in [4.78, 5) is 0. The Balaban J connectivity index is 2.34. The highest BCUT2D eigenvalue weighted by Crippen LogP contribution is 2.34. The number of hydrogen-bond acceptors (Lipinski definition) is 2. The fourth-order valence-corrected chi connectivity index (χ4v) is 2.31. The number of para-hydroxylation sites is 1. The van der Waals surface area contributed by atoms with Crippen molar-refractivity contribution < 1.29 is 9.84 Å². The third kappa shape index (κ3) is 3.05. The summed E-state index contributed by atoms with van der Waals surface area (Å²) in [6.45, 7) is 1.70. The van der Waals surface area contributed by atoms with Gasteiger partial charge in [0.05, 0.1) is 11.1 Å². The second-order valence-electron chi connectivity index (χ2n) is 3.89. The highest BCUT2D eigenvalue weighted by molar-refractivity contribution is 9.10. The van der Waals surface area contributed by atoms with E-state index in [1.807, 2.05) is 24.3 Å². The summed E-state index contributed by atoms with van der Waals surface area (Å²) in [5.74, 6) is 1.17. The van der Waals surface area contributed by atoms with E-state index in [1.54, 1.807) is 25.1 Å². The van der Waals surface area contributed by atoms with Gasteiger partial charge in [0.2, 0.25) is 0 Å². The summed E-state index contributed by atoms with van der Waals surface area (Å²) in [5, 5.41) is 10.2. The van der Waals surface area contributed by atoms with E-state index in [2.05, 4.69) is 15.9 Å². The molecule has 0 amide bonds. The second kappa shape index (κ2) is 5.74. The average Bonchev–Trinajstić information content (AvgIpc) is 2.33. The van der Waals surface area contributed by atoms with Crippen molar-refractivity contribution in [2.24, 2.45) is 0 Å². The molecule has 2 aromatic rings. The molecular weight excluding hydrogens is 316 g/mol. The zero-order chi connectivity index (χ0) is 13.1. The number of aliphatic hydroxyl groups is 1. The Morgan fingerprint density at radius 3 is 2.56 bits per heavy atom. The first-order chi connectivity index (χ1) is 8.58. The van der Waals surface area contributed by atoms with Gasteiger partial charge < -0.3 is 9.84 Å². The quantitative estimate of drug-likeness (QED) is 0.864. The lowest BCUT2D eigenvalue weighted by molar-refractivity contribution is 0.195. The molecule has 4 heteroatoms. The minimum Gasteiger partial charge on any atom is -0.455 e. The van der Waals surface area contributed by atoms with Crippen molar-refractivity contribution >= 4 is 27.5 Å². The van der Waals surface area contributed by atoms with Crippen LogP contribution < -0.4 is 4.74 Å². The minimum absolute atomic E-state index is 0.518. The van der Waals surface area contributed by atoms with Crippen LogP contribution >= 0.6 is 27.5 Å². The predicted octanol–water partition coefficient (Wildman–Crippen LogP) is 4.95. The molecule has 0 fully saturated rings. The minimum atomic E-state index is -0.588. The smallest absolute Gasteiger partial charge is 0.146 e. The molecule has 0 aliphatic heterocycles. The first-order valence-electron chi connectivity index (χ1n) is 5.48. The van der Waals surface area contributed by atoms with E-state index in [0.29, 0.717) is 16.5 Å². The van der Waals surface area contributed by atoms with Gasteiger partial charge in [0.1, 0.15) is 11.5 Å². The van der Waals surface area contributed by atoms with Crippen LogP contribution in [0.2, 0.25) is 5.02 Å². The van der Waals surface area contributed by atoms with E-state index in [0.717, 1.165) is 10.0 Å². The molecule has 1 atom stereocenters. The number of benzene rings is 2. The van der Waals surface area contributed by atoms with E-state index in [4.69, 9.17) is 16.3 Å². The van der Waals surface area contributed by atoms with Gasteiger partial charge in [-0.1, -0.05) is 45.7 Å². The molecule has 2 rings (SSSR count). The molecule has 0 spiro atoms. The number of halogens is 2. The van der Waals surface area contributed by atoms with Crippen molar-refractivity contribution in [1.82, 2.24) is 0 Å². The second-order valence-corrected chi connectivity index (χ2v) is 5.21. The van der Waals surface area contributed by atoms with Gasteiger partial charge in [0.15, 0.2) is 0 Å². The lowest BCUT2D eigenvalue weighted by atomic mass is 10.1. The van der Waals surface area contributed by atoms with Gasteiger partial charge >= 0.3 is 0 Å². The molecule has 2 aromatic carbocycles. The molecule has 0 unspecified atom stereocenters. The monoisotopic (exact) mass is 326 g/mol. The van der Waals surface area contributed by atoms with E-state index in [9.17, 15) is 5.11 Å². The molecular formula is C14H12BrClO2. The standard InChI is InChI=1S/C14H12BrClO2/c1-9(17)11-4-2-3-5-13(11)18-14-7-6-10(15)8-12(14)16/h2-9,17H,1H3/t9-/m1/s1. The maximum absolute atomic E-state index is 9.68. The predicted molar refractivity (Wildman–Crippen MR) is 76.3 cm³/mol. The highest BCUT2D eigenvalue weighted by Gasteiger charge is 2.10. The number of rotatable bonds is 3. The normalized spacial score (nSPS) is 12.2. The molecule has 0 bridgehead atoms. The number of aliphatic hydroxyl groups excluding tert-OH is 1. The molecule has 0 saturated carbocycles. The van der Waals surface area contributed by atoms with Crippen LogP contribution in [0.25, 0.3) is 0 Å². The summed E-state index contributed by atoms with van der Waals surface area (Å²) < 4.78 is 6.64. The van der Waals surface area contributed by atoms with Gasteiger partial charge in [-0.2, -0.15) is 0 Å². The Morgan fingerprint density at radius 2 is 1.89 bits per heavy atom. The third-order valence-corrected chi connectivity index (χ3v) is 3.27. The lowest BCUT2D eigenvalue weighted by Gasteiger charge is -2.13. The topological polar surface area (TPSA) is 29.5 Å². The molecule has 0 saturated heterocycles. The molecule has 0 radical (unpaired) electrons. The van der Waals surface area contributed by atoms with Crippen molar-refractivity contribution in [3.05, 3.63) is 57.5 Å². The van der Waals surface area contributed by atoms with Crippen LogP contribution in [0.3, 0.4) is 0 Å². The summed E-state index contributed by atoms with van der Waals surface area (Å²) >= 11 is 9.43. The largest absolute Gasteiger partial charge is 0.455 e. The Hall–Kier alpha value is -1.03. The third-order valence-electron chi connectivity index (χ3n) is 2.48. The molecule has 0 aliphatic carbocycles. The Morgan fingerprint density at radius 1 is 1.17 bits per heavy atom.